The minimum Gasteiger partial charge on any atom is -0.469 e. The summed E-state index contributed by atoms with van der Waals surface area (Å²) in [5.74, 6) is 0.0288. The van der Waals surface area contributed by atoms with E-state index < -0.39 is 5.97 Å². The van der Waals surface area contributed by atoms with Crippen LogP contribution in [0, 0.1) is 0 Å². The highest BCUT2D eigenvalue weighted by atomic mass is 79.9. The van der Waals surface area contributed by atoms with Gasteiger partial charge < -0.3 is 9.15 Å². The highest BCUT2D eigenvalue weighted by molar-refractivity contribution is 9.10. The number of aryl methyl sites for hydroxylation is 1. The third-order valence-electron chi connectivity index (χ3n) is 1.98. The van der Waals surface area contributed by atoms with Gasteiger partial charge in [0.25, 0.3) is 5.89 Å². The van der Waals surface area contributed by atoms with Crippen molar-refractivity contribution in [1.82, 2.24) is 20.0 Å². The Hall–Kier alpha value is -1.70. The van der Waals surface area contributed by atoms with Gasteiger partial charge in [-0.25, -0.2) is 0 Å². The zero-order valence-electron chi connectivity index (χ0n) is 9.18. The first-order valence-electron chi connectivity index (χ1n) is 4.69. The molecule has 0 aliphatic carbocycles. The van der Waals surface area contributed by atoms with Crippen molar-refractivity contribution < 1.29 is 13.9 Å². The van der Waals surface area contributed by atoms with E-state index in [0.717, 1.165) is 4.47 Å². The SMILES string of the molecule is COC(=O)Cc1nnc(-c2nn(C)cc2Br)o1. The van der Waals surface area contributed by atoms with Gasteiger partial charge in [-0.3, -0.25) is 9.48 Å². The van der Waals surface area contributed by atoms with Crippen LogP contribution in [-0.4, -0.2) is 33.1 Å². The molecule has 7 nitrogen and oxygen atoms in total. The Bertz CT molecular complexity index is 548. The van der Waals surface area contributed by atoms with Gasteiger partial charge >= 0.3 is 5.97 Å². The fourth-order valence-electron chi connectivity index (χ4n) is 1.22. The zero-order chi connectivity index (χ0) is 12.4. The van der Waals surface area contributed by atoms with Crippen LogP contribution in [0.2, 0.25) is 0 Å². The third-order valence-corrected chi connectivity index (χ3v) is 2.56. The molecule has 2 heterocycles. The molecule has 0 radical (unpaired) electrons. The fourth-order valence-corrected chi connectivity index (χ4v) is 1.77. The Morgan fingerprint density at radius 3 is 2.94 bits per heavy atom. The van der Waals surface area contributed by atoms with Crippen LogP contribution in [0.4, 0.5) is 0 Å². The van der Waals surface area contributed by atoms with Crippen LogP contribution in [0.15, 0.2) is 15.1 Å². The second-order valence-corrected chi connectivity index (χ2v) is 4.11. The molecule has 0 bridgehead atoms. The van der Waals surface area contributed by atoms with E-state index >= 15 is 0 Å². The molecule has 90 valence electrons. The van der Waals surface area contributed by atoms with Crippen LogP contribution in [0.3, 0.4) is 0 Å². The molecule has 0 saturated heterocycles. The molecule has 2 rings (SSSR count). The highest BCUT2D eigenvalue weighted by Crippen LogP contribution is 2.25. The van der Waals surface area contributed by atoms with E-state index in [4.69, 9.17) is 4.42 Å². The van der Waals surface area contributed by atoms with Gasteiger partial charge in [0.05, 0.1) is 11.6 Å². The number of hydrogen-bond donors (Lipinski definition) is 0. The molecule has 0 aromatic carbocycles. The average Bonchev–Trinajstić information content (AvgIpc) is 2.85. The molecule has 0 spiro atoms. The predicted octanol–water partition coefficient (Wildman–Crippen LogP) is 0.948. The first-order valence-corrected chi connectivity index (χ1v) is 5.48. The van der Waals surface area contributed by atoms with Crippen LogP contribution in [-0.2, 0) is 23.0 Å². The Balaban J connectivity index is 2.24. The van der Waals surface area contributed by atoms with E-state index in [0.29, 0.717) is 5.69 Å². The first kappa shape index (κ1) is 11.8. The fraction of sp³-hybridized carbons (Fsp3) is 0.333. The normalized spacial score (nSPS) is 10.5. The summed E-state index contributed by atoms with van der Waals surface area (Å²) in [6.07, 6.45) is 1.72. The number of ether oxygens (including phenoxy) is 1. The summed E-state index contributed by atoms with van der Waals surface area (Å²) in [5.41, 5.74) is 0.538. The topological polar surface area (TPSA) is 83.0 Å². The van der Waals surface area contributed by atoms with Crippen molar-refractivity contribution >= 4 is 21.9 Å². The van der Waals surface area contributed by atoms with Crippen molar-refractivity contribution in [2.75, 3.05) is 7.11 Å². The number of carbonyl (C=O) groups excluding carboxylic acids is 1. The van der Waals surface area contributed by atoms with Crippen molar-refractivity contribution in [3.63, 3.8) is 0 Å². The first-order chi connectivity index (χ1) is 8.10. The lowest BCUT2D eigenvalue weighted by molar-refractivity contribution is -0.140. The summed E-state index contributed by atoms with van der Waals surface area (Å²) in [6, 6.07) is 0. The summed E-state index contributed by atoms with van der Waals surface area (Å²) >= 11 is 3.32. The second kappa shape index (κ2) is 4.66. The van der Waals surface area contributed by atoms with Crippen LogP contribution < -0.4 is 0 Å². The van der Waals surface area contributed by atoms with Gasteiger partial charge in [0.15, 0.2) is 5.69 Å². The van der Waals surface area contributed by atoms with Crippen molar-refractivity contribution in [1.29, 1.82) is 0 Å². The summed E-state index contributed by atoms with van der Waals surface area (Å²) in [4.78, 5) is 11.0. The maximum absolute atomic E-state index is 11.0. The minimum atomic E-state index is -0.430. The molecule has 2 aromatic heterocycles. The van der Waals surface area contributed by atoms with E-state index in [1.807, 2.05) is 0 Å². The Labute approximate surface area is 105 Å². The zero-order valence-corrected chi connectivity index (χ0v) is 10.8. The standard InChI is InChI=1S/C9H9BrN4O3/c1-14-4-5(10)8(13-14)9-12-11-6(17-9)3-7(15)16-2/h4H,3H2,1-2H3. The molecule has 2 aromatic rings. The number of esters is 1. The van der Waals surface area contributed by atoms with E-state index in [1.165, 1.54) is 7.11 Å². The van der Waals surface area contributed by atoms with Gasteiger partial charge in [-0.05, 0) is 15.9 Å². The Morgan fingerprint density at radius 1 is 1.59 bits per heavy atom. The van der Waals surface area contributed by atoms with Gasteiger partial charge in [0.2, 0.25) is 5.89 Å². The molecule has 0 N–H and O–H groups in total. The maximum atomic E-state index is 11.0. The summed E-state index contributed by atoms with van der Waals surface area (Å²) in [5, 5.41) is 11.7. The van der Waals surface area contributed by atoms with Crippen molar-refractivity contribution in [3.8, 4) is 11.6 Å². The molecule has 0 aliphatic heterocycles. The van der Waals surface area contributed by atoms with Crippen molar-refractivity contribution in [3.05, 3.63) is 16.6 Å². The van der Waals surface area contributed by atoms with Gasteiger partial charge in [-0.1, -0.05) is 0 Å². The molecule has 0 aliphatic rings. The Kier molecular flexibility index (Phi) is 3.23. The molecule has 0 saturated carbocycles. The summed E-state index contributed by atoms with van der Waals surface area (Å²) in [6.45, 7) is 0. The number of hydrogen-bond acceptors (Lipinski definition) is 6. The second-order valence-electron chi connectivity index (χ2n) is 3.25. The number of rotatable bonds is 3. The minimum absolute atomic E-state index is 0.0477. The summed E-state index contributed by atoms with van der Waals surface area (Å²) < 4.78 is 12.2. The predicted molar refractivity (Wildman–Crippen MR) is 59.9 cm³/mol. The van der Waals surface area contributed by atoms with Crippen molar-refractivity contribution in [2.45, 2.75) is 6.42 Å². The lowest BCUT2D eigenvalue weighted by Gasteiger charge is -1.92. The van der Waals surface area contributed by atoms with Gasteiger partial charge in [-0.2, -0.15) is 5.10 Å². The smallest absolute Gasteiger partial charge is 0.315 e. The highest BCUT2D eigenvalue weighted by Gasteiger charge is 2.17. The molecule has 0 atom stereocenters. The van der Waals surface area contributed by atoms with E-state index in [9.17, 15) is 4.79 Å². The number of nitrogens with zero attached hydrogens (tertiary/aromatic N) is 4. The van der Waals surface area contributed by atoms with Crippen LogP contribution in [0.25, 0.3) is 11.6 Å². The molecular weight excluding hydrogens is 292 g/mol. The van der Waals surface area contributed by atoms with Crippen LogP contribution in [0.1, 0.15) is 5.89 Å². The average molecular weight is 301 g/mol. The molecular formula is C9H9BrN4O3. The maximum Gasteiger partial charge on any atom is 0.315 e. The quantitative estimate of drug-likeness (QED) is 0.785. The lowest BCUT2D eigenvalue weighted by Crippen LogP contribution is -2.04. The number of methoxy groups -OCH3 is 1. The van der Waals surface area contributed by atoms with Gasteiger partial charge in [0.1, 0.15) is 6.42 Å². The van der Waals surface area contributed by atoms with Crippen LogP contribution >= 0.6 is 15.9 Å². The number of carbonyl (C=O) groups is 1. The monoisotopic (exact) mass is 300 g/mol. The van der Waals surface area contributed by atoms with E-state index in [1.54, 1.807) is 17.9 Å². The largest absolute Gasteiger partial charge is 0.469 e. The molecule has 0 amide bonds. The van der Waals surface area contributed by atoms with Crippen molar-refractivity contribution in [2.24, 2.45) is 7.05 Å². The van der Waals surface area contributed by atoms with Gasteiger partial charge in [0, 0.05) is 13.2 Å². The lowest BCUT2D eigenvalue weighted by atomic mass is 10.4. The number of aromatic nitrogens is 4. The Morgan fingerprint density at radius 2 is 2.35 bits per heavy atom. The third kappa shape index (κ3) is 2.52. The molecule has 8 heteroatoms. The molecule has 17 heavy (non-hydrogen) atoms. The molecule has 0 fully saturated rings. The number of halogens is 1. The van der Waals surface area contributed by atoms with Gasteiger partial charge in [-0.15, -0.1) is 10.2 Å². The van der Waals surface area contributed by atoms with E-state index in [2.05, 4.69) is 36.0 Å². The summed E-state index contributed by atoms with van der Waals surface area (Å²) in [7, 11) is 3.08. The van der Waals surface area contributed by atoms with Crippen LogP contribution in [0.5, 0.6) is 0 Å². The molecule has 0 unspecified atom stereocenters. The van der Waals surface area contributed by atoms with E-state index in [-0.39, 0.29) is 18.2 Å².